The van der Waals surface area contributed by atoms with Gasteiger partial charge in [0, 0.05) is 23.7 Å². The van der Waals surface area contributed by atoms with Crippen molar-refractivity contribution in [3.05, 3.63) is 58.1 Å². The van der Waals surface area contributed by atoms with Gasteiger partial charge in [-0.25, -0.2) is 4.39 Å². The van der Waals surface area contributed by atoms with Crippen molar-refractivity contribution < 1.29 is 13.9 Å². The number of aryl methyl sites for hydroxylation is 1. The first-order valence-electron chi connectivity index (χ1n) is 9.61. The number of benzene rings is 2. The molecule has 0 saturated carbocycles. The van der Waals surface area contributed by atoms with E-state index in [2.05, 4.69) is 15.5 Å². The van der Waals surface area contributed by atoms with E-state index in [1.807, 2.05) is 4.57 Å². The van der Waals surface area contributed by atoms with Crippen molar-refractivity contribution in [1.29, 1.82) is 0 Å². The van der Waals surface area contributed by atoms with E-state index < -0.39 is 11.7 Å². The number of carbonyl (C=O) groups excluding carboxylic acids is 1. The lowest BCUT2D eigenvalue weighted by molar-refractivity contribution is -0.118. The molecule has 0 spiro atoms. The maximum atomic E-state index is 14.5. The fourth-order valence-corrected chi connectivity index (χ4v) is 3.85. The maximum absolute atomic E-state index is 14.5. The highest BCUT2D eigenvalue weighted by Gasteiger charge is 2.19. The summed E-state index contributed by atoms with van der Waals surface area (Å²) in [7, 11) is 0. The van der Waals surface area contributed by atoms with Crippen LogP contribution in [0.2, 0.25) is 10.0 Å². The number of ether oxygens (including phenoxy) is 1. The van der Waals surface area contributed by atoms with E-state index >= 15 is 0 Å². The minimum absolute atomic E-state index is 0.256. The van der Waals surface area contributed by atoms with Gasteiger partial charge in [0.2, 0.25) is 0 Å². The van der Waals surface area contributed by atoms with Crippen molar-refractivity contribution in [2.75, 3.05) is 11.9 Å². The molecule has 0 fully saturated rings. The smallest absolute Gasteiger partial charge is 0.262 e. The molecule has 1 amide bonds. The van der Waals surface area contributed by atoms with Gasteiger partial charge in [-0.15, -0.1) is 10.2 Å². The molecule has 0 aliphatic carbocycles. The summed E-state index contributed by atoms with van der Waals surface area (Å²) in [5.74, 6) is 0.867. The molecule has 1 aliphatic heterocycles. The minimum Gasteiger partial charge on any atom is -0.482 e. The molecule has 1 N–H and O–H groups in total. The Morgan fingerprint density at radius 2 is 2.00 bits per heavy atom. The van der Waals surface area contributed by atoms with Crippen molar-refractivity contribution in [2.45, 2.75) is 32.2 Å². The van der Waals surface area contributed by atoms with Gasteiger partial charge in [-0.05, 0) is 49.2 Å². The quantitative estimate of drug-likeness (QED) is 0.586. The largest absolute Gasteiger partial charge is 0.482 e. The molecule has 156 valence electrons. The zero-order valence-electron chi connectivity index (χ0n) is 16.0. The predicted octanol–water partition coefficient (Wildman–Crippen LogP) is 5.13. The average Bonchev–Trinajstić information content (AvgIpc) is 2.96. The van der Waals surface area contributed by atoms with Crippen LogP contribution < -0.4 is 10.1 Å². The molecule has 0 saturated heterocycles. The number of nitrogens with one attached hydrogen (secondary N) is 1. The number of carbonyl (C=O) groups is 1. The van der Waals surface area contributed by atoms with Gasteiger partial charge >= 0.3 is 0 Å². The van der Waals surface area contributed by atoms with Crippen LogP contribution in [0.3, 0.4) is 0 Å². The third-order valence-corrected chi connectivity index (χ3v) is 5.38. The Hall–Kier alpha value is -2.64. The second-order valence-electron chi connectivity index (χ2n) is 7.01. The molecule has 1 aromatic heterocycles. The van der Waals surface area contributed by atoms with Crippen molar-refractivity contribution in [3.8, 4) is 17.1 Å². The summed E-state index contributed by atoms with van der Waals surface area (Å²) in [6.45, 7) is 0.498. The second-order valence-corrected chi connectivity index (χ2v) is 7.85. The number of amides is 1. The summed E-state index contributed by atoms with van der Waals surface area (Å²) in [5.41, 5.74) is 0.739. The van der Waals surface area contributed by atoms with Crippen molar-refractivity contribution >= 4 is 34.8 Å². The van der Waals surface area contributed by atoms with Crippen molar-refractivity contribution in [1.82, 2.24) is 14.8 Å². The van der Waals surface area contributed by atoms with Crippen LogP contribution in [0.25, 0.3) is 11.4 Å². The lowest BCUT2D eigenvalue weighted by atomic mass is 10.1. The zero-order chi connectivity index (χ0) is 21.1. The summed E-state index contributed by atoms with van der Waals surface area (Å²) < 4.78 is 21.9. The molecule has 0 radical (unpaired) electrons. The van der Waals surface area contributed by atoms with Crippen LogP contribution >= 0.6 is 23.2 Å². The Labute approximate surface area is 183 Å². The zero-order valence-corrected chi connectivity index (χ0v) is 17.5. The molecule has 0 bridgehead atoms. The molecular weight excluding hydrogens is 430 g/mol. The fraction of sp³-hybridized carbons (Fsp3) is 0.286. The number of nitrogens with zero attached hydrogens (tertiary/aromatic N) is 3. The lowest BCUT2D eigenvalue weighted by Gasteiger charge is -2.11. The van der Waals surface area contributed by atoms with E-state index in [1.54, 1.807) is 18.2 Å². The average molecular weight is 449 g/mol. The van der Waals surface area contributed by atoms with Gasteiger partial charge in [0.15, 0.2) is 12.4 Å². The summed E-state index contributed by atoms with van der Waals surface area (Å²) in [6.07, 6.45) is 3.99. The highest BCUT2D eigenvalue weighted by molar-refractivity contribution is 6.35. The molecule has 6 nitrogen and oxygen atoms in total. The van der Waals surface area contributed by atoms with Crippen LogP contribution in [0, 0.1) is 5.82 Å². The molecule has 2 heterocycles. The summed E-state index contributed by atoms with van der Waals surface area (Å²) >= 11 is 11.9. The van der Waals surface area contributed by atoms with Crippen LogP contribution in [0.1, 0.15) is 25.1 Å². The van der Waals surface area contributed by atoms with Gasteiger partial charge in [-0.1, -0.05) is 29.6 Å². The third kappa shape index (κ3) is 4.57. The van der Waals surface area contributed by atoms with Gasteiger partial charge < -0.3 is 14.6 Å². The van der Waals surface area contributed by atoms with Crippen LogP contribution in [0.5, 0.6) is 5.75 Å². The van der Waals surface area contributed by atoms with Gasteiger partial charge in [-0.3, -0.25) is 4.79 Å². The molecule has 9 heteroatoms. The topological polar surface area (TPSA) is 69.0 Å². The van der Waals surface area contributed by atoms with Gasteiger partial charge in [-0.2, -0.15) is 0 Å². The Morgan fingerprint density at radius 1 is 1.13 bits per heavy atom. The predicted molar refractivity (Wildman–Crippen MR) is 114 cm³/mol. The van der Waals surface area contributed by atoms with Crippen LogP contribution in [-0.4, -0.2) is 27.3 Å². The highest BCUT2D eigenvalue weighted by atomic mass is 35.5. The molecule has 3 aromatic rings. The second kappa shape index (κ2) is 9.02. The normalized spacial score (nSPS) is 13.4. The maximum Gasteiger partial charge on any atom is 0.262 e. The molecular formula is C21H19Cl2FN4O2. The van der Waals surface area contributed by atoms with E-state index in [0.29, 0.717) is 32.9 Å². The van der Waals surface area contributed by atoms with E-state index in [1.165, 1.54) is 18.2 Å². The number of hydrogen-bond donors (Lipinski definition) is 1. The molecule has 0 unspecified atom stereocenters. The summed E-state index contributed by atoms with van der Waals surface area (Å²) in [4.78, 5) is 12.3. The Kier molecular flexibility index (Phi) is 6.20. The van der Waals surface area contributed by atoms with E-state index in [9.17, 15) is 9.18 Å². The first kappa shape index (κ1) is 20.6. The van der Waals surface area contributed by atoms with Gasteiger partial charge in [0.05, 0.1) is 10.6 Å². The van der Waals surface area contributed by atoms with E-state index in [0.717, 1.165) is 38.1 Å². The van der Waals surface area contributed by atoms with Crippen LogP contribution in [-0.2, 0) is 17.8 Å². The van der Waals surface area contributed by atoms with E-state index in [4.69, 9.17) is 27.9 Å². The number of aromatic nitrogens is 3. The van der Waals surface area contributed by atoms with Gasteiger partial charge in [0.1, 0.15) is 17.4 Å². The van der Waals surface area contributed by atoms with Crippen LogP contribution in [0.4, 0.5) is 10.1 Å². The lowest BCUT2D eigenvalue weighted by Crippen LogP contribution is -2.20. The molecule has 0 atom stereocenters. The number of halogens is 3. The molecule has 1 aliphatic rings. The third-order valence-electron chi connectivity index (χ3n) is 4.85. The monoisotopic (exact) mass is 448 g/mol. The number of anilines is 1. The van der Waals surface area contributed by atoms with Crippen molar-refractivity contribution in [2.24, 2.45) is 0 Å². The summed E-state index contributed by atoms with van der Waals surface area (Å²) in [5, 5.41) is 11.9. The Balaban J connectivity index is 1.48. The van der Waals surface area contributed by atoms with E-state index in [-0.39, 0.29) is 6.61 Å². The number of fused-ring (bicyclic) bond motifs is 1. The SMILES string of the molecule is O=C(COc1ccc(Cl)cc1Cl)Nc1ccc(F)c(-c2nnc3n2CCCCC3)c1. The highest BCUT2D eigenvalue weighted by Crippen LogP contribution is 2.29. The Bertz CT molecular complexity index is 1090. The van der Waals surface area contributed by atoms with Crippen molar-refractivity contribution in [3.63, 3.8) is 0 Å². The first-order valence-corrected chi connectivity index (χ1v) is 10.4. The molecule has 2 aromatic carbocycles. The van der Waals surface area contributed by atoms with Crippen LogP contribution in [0.15, 0.2) is 36.4 Å². The fourth-order valence-electron chi connectivity index (χ4n) is 3.39. The summed E-state index contributed by atoms with van der Waals surface area (Å²) in [6, 6.07) is 9.10. The Morgan fingerprint density at radius 3 is 2.83 bits per heavy atom. The van der Waals surface area contributed by atoms with Gasteiger partial charge in [0.25, 0.3) is 5.91 Å². The minimum atomic E-state index is -0.420. The first-order chi connectivity index (χ1) is 14.5. The molecule has 30 heavy (non-hydrogen) atoms. The standard InChI is InChI=1S/C21H19Cl2FN4O2/c22-13-5-8-18(16(23)10-13)30-12-20(29)25-14-6-7-17(24)15(11-14)21-27-26-19-4-2-1-3-9-28(19)21/h5-8,10-11H,1-4,9,12H2,(H,25,29). The molecule has 4 rings (SSSR count). The number of rotatable bonds is 5. The number of hydrogen-bond acceptors (Lipinski definition) is 4.